The van der Waals surface area contributed by atoms with E-state index in [1.54, 1.807) is 11.0 Å². The van der Waals surface area contributed by atoms with Gasteiger partial charge in [0.1, 0.15) is 5.60 Å². The molecular formula is C13H23NO3. The Morgan fingerprint density at radius 1 is 1.47 bits per heavy atom. The molecule has 1 fully saturated rings. The quantitative estimate of drug-likeness (QED) is 0.754. The number of piperidine rings is 1. The molecule has 0 bridgehead atoms. The first-order valence-electron chi connectivity index (χ1n) is 6.12. The van der Waals surface area contributed by atoms with Gasteiger partial charge in [-0.3, -0.25) is 0 Å². The SMILES string of the molecule is C=CC(O)C1CCN(C(=O)OC(C)(C)C)CC1. The van der Waals surface area contributed by atoms with Crippen molar-refractivity contribution in [2.24, 2.45) is 5.92 Å². The molecule has 0 aromatic carbocycles. The van der Waals surface area contributed by atoms with Gasteiger partial charge in [-0.25, -0.2) is 4.79 Å². The second kappa shape index (κ2) is 5.54. The third-order valence-electron chi connectivity index (χ3n) is 2.92. The molecule has 1 saturated heterocycles. The first-order chi connectivity index (χ1) is 7.83. The molecule has 98 valence electrons. The zero-order chi connectivity index (χ0) is 13.1. The van der Waals surface area contributed by atoms with E-state index in [-0.39, 0.29) is 12.0 Å². The normalized spacial score (nSPS) is 19.9. The fraction of sp³-hybridized carbons (Fsp3) is 0.769. The summed E-state index contributed by atoms with van der Waals surface area (Å²) in [5, 5.41) is 9.64. The van der Waals surface area contributed by atoms with E-state index in [0.29, 0.717) is 13.1 Å². The van der Waals surface area contributed by atoms with Gasteiger partial charge in [0.15, 0.2) is 0 Å². The Labute approximate surface area is 103 Å². The number of amides is 1. The Hall–Kier alpha value is -1.03. The van der Waals surface area contributed by atoms with Crippen LogP contribution in [0.15, 0.2) is 12.7 Å². The van der Waals surface area contributed by atoms with Crippen molar-refractivity contribution >= 4 is 6.09 Å². The van der Waals surface area contributed by atoms with Crippen LogP contribution in [-0.2, 0) is 4.74 Å². The van der Waals surface area contributed by atoms with Gasteiger partial charge in [0.05, 0.1) is 6.10 Å². The highest BCUT2D eigenvalue weighted by Gasteiger charge is 2.28. The van der Waals surface area contributed by atoms with E-state index in [4.69, 9.17) is 4.74 Å². The number of likely N-dealkylation sites (tertiary alicyclic amines) is 1. The Bertz CT molecular complexity index is 275. The van der Waals surface area contributed by atoms with Crippen LogP contribution in [0.4, 0.5) is 4.79 Å². The maximum atomic E-state index is 11.8. The van der Waals surface area contributed by atoms with Gasteiger partial charge in [-0.05, 0) is 39.5 Å². The molecule has 1 atom stereocenters. The number of hydrogen-bond acceptors (Lipinski definition) is 3. The number of carbonyl (C=O) groups is 1. The van der Waals surface area contributed by atoms with E-state index in [2.05, 4.69) is 6.58 Å². The number of aliphatic hydroxyl groups is 1. The molecule has 1 rings (SSSR count). The first-order valence-corrected chi connectivity index (χ1v) is 6.12. The van der Waals surface area contributed by atoms with Crippen molar-refractivity contribution in [3.63, 3.8) is 0 Å². The zero-order valence-electron chi connectivity index (χ0n) is 11.0. The zero-order valence-corrected chi connectivity index (χ0v) is 11.0. The predicted molar refractivity (Wildman–Crippen MR) is 66.7 cm³/mol. The molecular weight excluding hydrogens is 218 g/mol. The molecule has 0 spiro atoms. The van der Waals surface area contributed by atoms with Crippen molar-refractivity contribution in [1.29, 1.82) is 0 Å². The fourth-order valence-corrected chi connectivity index (χ4v) is 1.94. The van der Waals surface area contributed by atoms with Gasteiger partial charge in [-0.1, -0.05) is 6.08 Å². The molecule has 4 nitrogen and oxygen atoms in total. The minimum absolute atomic E-state index is 0.214. The van der Waals surface area contributed by atoms with Crippen molar-refractivity contribution in [3.05, 3.63) is 12.7 Å². The van der Waals surface area contributed by atoms with Gasteiger partial charge >= 0.3 is 6.09 Å². The maximum Gasteiger partial charge on any atom is 0.410 e. The summed E-state index contributed by atoms with van der Waals surface area (Å²) in [6, 6.07) is 0. The molecule has 4 heteroatoms. The summed E-state index contributed by atoms with van der Waals surface area (Å²) >= 11 is 0. The summed E-state index contributed by atoms with van der Waals surface area (Å²) in [5.74, 6) is 0.214. The van der Waals surface area contributed by atoms with E-state index < -0.39 is 11.7 Å². The molecule has 1 aliphatic heterocycles. The van der Waals surface area contributed by atoms with Gasteiger partial charge < -0.3 is 14.7 Å². The Morgan fingerprint density at radius 2 is 2.00 bits per heavy atom. The summed E-state index contributed by atoms with van der Waals surface area (Å²) in [6.45, 7) is 10.5. The van der Waals surface area contributed by atoms with Gasteiger partial charge in [0.25, 0.3) is 0 Å². The monoisotopic (exact) mass is 241 g/mol. The fourth-order valence-electron chi connectivity index (χ4n) is 1.94. The van der Waals surface area contributed by atoms with Crippen LogP contribution in [0.2, 0.25) is 0 Å². The highest BCUT2D eigenvalue weighted by Crippen LogP contribution is 2.22. The van der Waals surface area contributed by atoms with Crippen LogP contribution in [-0.4, -0.2) is 40.9 Å². The van der Waals surface area contributed by atoms with Crippen LogP contribution in [0.5, 0.6) is 0 Å². The Morgan fingerprint density at radius 3 is 2.41 bits per heavy atom. The van der Waals surface area contributed by atoms with Crippen LogP contribution in [0.1, 0.15) is 33.6 Å². The van der Waals surface area contributed by atoms with Crippen molar-refractivity contribution in [2.75, 3.05) is 13.1 Å². The highest BCUT2D eigenvalue weighted by atomic mass is 16.6. The summed E-state index contributed by atoms with van der Waals surface area (Å²) in [6.07, 6.45) is 2.44. The molecule has 0 saturated carbocycles. The minimum Gasteiger partial charge on any atom is -0.444 e. The molecule has 1 amide bonds. The molecule has 1 heterocycles. The molecule has 0 aromatic rings. The number of ether oxygens (including phenoxy) is 1. The standard InChI is InChI=1S/C13H23NO3/c1-5-11(15)10-6-8-14(9-7-10)12(16)17-13(2,3)4/h5,10-11,15H,1,6-9H2,2-4H3. The minimum atomic E-state index is -0.462. The molecule has 0 aliphatic carbocycles. The Balaban J connectivity index is 2.41. The van der Waals surface area contributed by atoms with Gasteiger partial charge in [0, 0.05) is 13.1 Å². The topological polar surface area (TPSA) is 49.8 Å². The number of nitrogens with zero attached hydrogens (tertiary/aromatic N) is 1. The van der Waals surface area contributed by atoms with Crippen molar-refractivity contribution in [2.45, 2.75) is 45.3 Å². The molecule has 1 unspecified atom stereocenters. The highest BCUT2D eigenvalue weighted by molar-refractivity contribution is 5.68. The number of aliphatic hydroxyl groups excluding tert-OH is 1. The lowest BCUT2D eigenvalue weighted by molar-refractivity contribution is 0.0123. The third kappa shape index (κ3) is 4.38. The van der Waals surface area contributed by atoms with E-state index in [1.807, 2.05) is 20.8 Å². The van der Waals surface area contributed by atoms with Crippen LogP contribution in [0, 0.1) is 5.92 Å². The third-order valence-corrected chi connectivity index (χ3v) is 2.92. The van der Waals surface area contributed by atoms with E-state index in [1.165, 1.54) is 0 Å². The predicted octanol–water partition coefficient (Wildman–Crippen LogP) is 2.18. The van der Waals surface area contributed by atoms with Gasteiger partial charge in [0.2, 0.25) is 0 Å². The van der Waals surface area contributed by atoms with Crippen LogP contribution in [0.3, 0.4) is 0 Å². The molecule has 0 radical (unpaired) electrons. The lowest BCUT2D eigenvalue weighted by atomic mass is 9.91. The number of rotatable bonds is 2. The second-order valence-electron chi connectivity index (χ2n) is 5.53. The van der Waals surface area contributed by atoms with Crippen LogP contribution >= 0.6 is 0 Å². The van der Waals surface area contributed by atoms with Crippen LogP contribution in [0.25, 0.3) is 0 Å². The molecule has 1 N–H and O–H groups in total. The summed E-state index contributed by atoms with van der Waals surface area (Å²) < 4.78 is 5.30. The second-order valence-corrected chi connectivity index (χ2v) is 5.53. The summed E-state index contributed by atoms with van der Waals surface area (Å²) in [7, 11) is 0. The molecule has 1 aliphatic rings. The smallest absolute Gasteiger partial charge is 0.410 e. The van der Waals surface area contributed by atoms with Crippen molar-refractivity contribution < 1.29 is 14.6 Å². The van der Waals surface area contributed by atoms with E-state index >= 15 is 0 Å². The number of hydrogen-bond donors (Lipinski definition) is 1. The number of carbonyl (C=O) groups excluding carboxylic acids is 1. The van der Waals surface area contributed by atoms with Crippen molar-refractivity contribution in [1.82, 2.24) is 4.90 Å². The van der Waals surface area contributed by atoms with Crippen LogP contribution < -0.4 is 0 Å². The summed E-state index contributed by atoms with van der Waals surface area (Å²) in [4.78, 5) is 13.5. The molecule has 0 aromatic heterocycles. The lowest BCUT2D eigenvalue weighted by Gasteiger charge is -2.34. The largest absolute Gasteiger partial charge is 0.444 e. The Kier molecular flexibility index (Phi) is 4.57. The van der Waals surface area contributed by atoms with E-state index in [0.717, 1.165) is 12.8 Å². The average Bonchev–Trinajstić information content (AvgIpc) is 2.26. The molecule has 17 heavy (non-hydrogen) atoms. The van der Waals surface area contributed by atoms with E-state index in [9.17, 15) is 9.90 Å². The maximum absolute atomic E-state index is 11.8. The van der Waals surface area contributed by atoms with Gasteiger partial charge in [-0.2, -0.15) is 0 Å². The average molecular weight is 241 g/mol. The van der Waals surface area contributed by atoms with Gasteiger partial charge in [-0.15, -0.1) is 6.58 Å². The summed E-state index contributed by atoms with van der Waals surface area (Å²) in [5.41, 5.74) is -0.450. The first kappa shape index (κ1) is 14.0. The lowest BCUT2D eigenvalue weighted by Crippen LogP contribution is -2.43. The van der Waals surface area contributed by atoms with Crippen molar-refractivity contribution in [3.8, 4) is 0 Å².